The molecule has 1 saturated heterocycles. The molecular formula is C18H17NO4S2. The first kappa shape index (κ1) is 17.8. The third-order valence-corrected chi connectivity index (χ3v) is 6.78. The molecule has 1 heterocycles. The molecule has 0 N–H and O–H groups in total. The van der Waals surface area contributed by atoms with Gasteiger partial charge in [-0.3, -0.25) is 10.1 Å². The molecule has 0 amide bonds. The minimum Gasteiger partial charge on any atom is -0.457 e. The highest BCUT2D eigenvalue weighted by atomic mass is 32.2. The summed E-state index contributed by atoms with van der Waals surface area (Å²) in [7, 11) is 0. The van der Waals surface area contributed by atoms with Gasteiger partial charge in [0.15, 0.2) is 0 Å². The Labute approximate surface area is 154 Å². The van der Waals surface area contributed by atoms with Gasteiger partial charge >= 0.3 is 5.97 Å². The number of hydrogen-bond acceptors (Lipinski definition) is 6. The number of non-ortho nitro benzene ring substituents is 1. The Bertz CT molecular complexity index is 741. The van der Waals surface area contributed by atoms with Crippen LogP contribution in [-0.4, -0.2) is 22.4 Å². The number of esters is 1. The monoisotopic (exact) mass is 375 g/mol. The van der Waals surface area contributed by atoms with E-state index < -0.39 is 10.9 Å². The zero-order valence-electron chi connectivity index (χ0n) is 13.4. The minimum atomic E-state index is -0.458. The molecule has 0 radical (unpaired) electrons. The number of carbonyl (C=O) groups is 1. The van der Waals surface area contributed by atoms with Gasteiger partial charge < -0.3 is 4.74 Å². The Balaban J connectivity index is 1.56. The van der Waals surface area contributed by atoms with Gasteiger partial charge in [-0.05, 0) is 53.3 Å². The van der Waals surface area contributed by atoms with Crippen molar-refractivity contribution in [2.24, 2.45) is 0 Å². The molecule has 7 heteroatoms. The van der Waals surface area contributed by atoms with E-state index in [1.54, 1.807) is 24.3 Å². The third-order valence-electron chi connectivity index (χ3n) is 3.76. The quantitative estimate of drug-likeness (QED) is 0.424. The third kappa shape index (κ3) is 4.76. The van der Waals surface area contributed by atoms with E-state index in [1.165, 1.54) is 35.6 Å². The van der Waals surface area contributed by atoms with Gasteiger partial charge in [-0.2, -0.15) is 0 Å². The van der Waals surface area contributed by atoms with Crippen molar-refractivity contribution in [2.75, 3.05) is 11.5 Å². The minimum absolute atomic E-state index is 0.0177. The standard InChI is InChI=1S/C18H17NO4S2/c20-17(23-12-13-2-8-16(9-3-13)19(21)22)14-4-6-15(7-5-14)18-24-10-1-11-25-18/h2-9,18H,1,10-12H2. The highest BCUT2D eigenvalue weighted by molar-refractivity contribution is 8.16. The number of ether oxygens (including phenoxy) is 1. The maximum Gasteiger partial charge on any atom is 0.338 e. The smallest absolute Gasteiger partial charge is 0.338 e. The van der Waals surface area contributed by atoms with E-state index >= 15 is 0 Å². The fourth-order valence-corrected chi connectivity index (χ4v) is 5.30. The summed E-state index contributed by atoms with van der Waals surface area (Å²) >= 11 is 3.88. The second-order valence-corrected chi connectivity index (χ2v) is 8.27. The van der Waals surface area contributed by atoms with Crippen molar-refractivity contribution in [3.05, 3.63) is 75.3 Å². The Hall–Kier alpha value is -1.99. The van der Waals surface area contributed by atoms with Gasteiger partial charge in [-0.1, -0.05) is 12.1 Å². The first-order valence-corrected chi connectivity index (χ1v) is 9.97. The molecule has 5 nitrogen and oxygen atoms in total. The van der Waals surface area contributed by atoms with Crippen LogP contribution in [0.5, 0.6) is 0 Å². The highest BCUT2D eigenvalue weighted by Gasteiger charge is 2.17. The van der Waals surface area contributed by atoms with Crippen LogP contribution in [0.15, 0.2) is 48.5 Å². The normalized spacial score (nSPS) is 14.9. The van der Waals surface area contributed by atoms with Crippen LogP contribution in [0, 0.1) is 10.1 Å². The number of nitro groups is 1. The van der Waals surface area contributed by atoms with Gasteiger partial charge in [-0.25, -0.2) is 4.79 Å². The molecule has 3 rings (SSSR count). The lowest BCUT2D eigenvalue weighted by atomic mass is 10.1. The molecule has 1 aliphatic heterocycles. The average molecular weight is 375 g/mol. The van der Waals surface area contributed by atoms with E-state index in [-0.39, 0.29) is 12.3 Å². The van der Waals surface area contributed by atoms with Crippen LogP contribution in [-0.2, 0) is 11.3 Å². The molecule has 1 fully saturated rings. The van der Waals surface area contributed by atoms with Gasteiger partial charge in [-0.15, -0.1) is 23.5 Å². The number of nitrogens with zero attached hydrogens (tertiary/aromatic N) is 1. The summed E-state index contributed by atoms with van der Waals surface area (Å²) in [6, 6.07) is 13.5. The van der Waals surface area contributed by atoms with Gasteiger partial charge in [0.25, 0.3) is 5.69 Å². The topological polar surface area (TPSA) is 69.4 Å². The van der Waals surface area contributed by atoms with E-state index in [0.29, 0.717) is 15.7 Å². The predicted molar refractivity (Wildman–Crippen MR) is 101 cm³/mol. The largest absolute Gasteiger partial charge is 0.457 e. The number of hydrogen-bond donors (Lipinski definition) is 0. The van der Waals surface area contributed by atoms with Crippen LogP contribution in [0.1, 0.15) is 32.5 Å². The number of thioether (sulfide) groups is 2. The number of benzene rings is 2. The molecule has 0 bridgehead atoms. The van der Waals surface area contributed by atoms with E-state index in [9.17, 15) is 14.9 Å². The Morgan fingerprint density at radius 3 is 2.32 bits per heavy atom. The Morgan fingerprint density at radius 1 is 1.08 bits per heavy atom. The lowest BCUT2D eigenvalue weighted by Crippen LogP contribution is -2.06. The molecule has 0 unspecified atom stereocenters. The van der Waals surface area contributed by atoms with Crippen LogP contribution >= 0.6 is 23.5 Å². The van der Waals surface area contributed by atoms with Gasteiger partial charge in [0.1, 0.15) is 6.61 Å². The zero-order valence-corrected chi connectivity index (χ0v) is 15.1. The predicted octanol–water partition coefficient (Wildman–Crippen LogP) is 4.82. The molecule has 0 saturated carbocycles. The molecule has 1 aliphatic rings. The van der Waals surface area contributed by atoms with Crippen LogP contribution in [0.25, 0.3) is 0 Å². The second-order valence-electron chi connectivity index (χ2n) is 5.55. The molecule has 0 spiro atoms. The van der Waals surface area contributed by atoms with Crippen LogP contribution in [0.2, 0.25) is 0 Å². The summed E-state index contributed by atoms with van der Waals surface area (Å²) in [6.45, 7) is 0.0902. The maximum atomic E-state index is 12.1. The molecule has 0 atom stereocenters. The van der Waals surface area contributed by atoms with Crippen molar-refractivity contribution in [2.45, 2.75) is 17.6 Å². The first-order valence-electron chi connectivity index (χ1n) is 7.87. The molecule has 130 valence electrons. The number of nitro benzene ring substituents is 1. The zero-order chi connectivity index (χ0) is 17.6. The molecule has 0 aromatic heterocycles. The van der Waals surface area contributed by atoms with E-state index in [1.807, 2.05) is 35.7 Å². The van der Waals surface area contributed by atoms with E-state index in [0.717, 1.165) is 0 Å². The molecule has 2 aromatic rings. The first-order chi connectivity index (χ1) is 12.1. The van der Waals surface area contributed by atoms with Crippen molar-refractivity contribution in [1.82, 2.24) is 0 Å². The molecule has 0 aliphatic carbocycles. The second kappa shape index (κ2) is 8.40. The van der Waals surface area contributed by atoms with Crippen molar-refractivity contribution >= 4 is 35.2 Å². The van der Waals surface area contributed by atoms with Gasteiger partial charge in [0.05, 0.1) is 15.1 Å². The lowest BCUT2D eigenvalue weighted by molar-refractivity contribution is -0.384. The van der Waals surface area contributed by atoms with Crippen molar-refractivity contribution in [1.29, 1.82) is 0 Å². The summed E-state index contributed by atoms with van der Waals surface area (Å²) in [6.07, 6.45) is 1.25. The van der Waals surface area contributed by atoms with Crippen molar-refractivity contribution in [3.63, 3.8) is 0 Å². The van der Waals surface area contributed by atoms with E-state index in [4.69, 9.17) is 4.74 Å². The summed E-state index contributed by atoms with van der Waals surface area (Å²) in [5.41, 5.74) is 2.47. The number of carbonyl (C=O) groups excluding carboxylic acids is 1. The fraction of sp³-hybridized carbons (Fsp3) is 0.278. The Morgan fingerprint density at radius 2 is 1.72 bits per heavy atom. The summed E-state index contributed by atoms with van der Waals surface area (Å²) in [5, 5.41) is 10.6. The fourth-order valence-electron chi connectivity index (χ4n) is 2.40. The summed E-state index contributed by atoms with van der Waals surface area (Å²) in [4.78, 5) is 22.3. The highest BCUT2D eigenvalue weighted by Crippen LogP contribution is 2.43. The maximum absolute atomic E-state index is 12.1. The lowest BCUT2D eigenvalue weighted by Gasteiger charge is -2.21. The van der Waals surface area contributed by atoms with Crippen LogP contribution in [0.4, 0.5) is 5.69 Å². The summed E-state index contributed by atoms with van der Waals surface area (Å²) in [5.74, 6) is 1.96. The van der Waals surface area contributed by atoms with Crippen molar-refractivity contribution < 1.29 is 14.5 Å². The van der Waals surface area contributed by atoms with E-state index in [2.05, 4.69) is 0 Å². The van der Waals surface area contributed by atoms with Crippen LogP contribution in [0.3, 0.4) is 0 Å². The summed E-state index contributed by atoms with van der Waals surface area (Å²) < 4.78 is 5.72. The molecule has 25 heavy (non-hydrogen) atoms. The number of rotatable bonds is 5. The average Bonchev–Trinajstić information content (AvgIpc) is 2.67. The SMILES string of the molecule is O=C(OCc1ccc([N+](=O)[O-])cc1)c1ccc(C2SCCCS2)cc1. The van der Waals surface area contributed by atoms with Crippen molar-refractivity contribution in [3.8, 4) is 0 Å². The molecule has 2 aromatic carbocycles. The van der Waals surface area contributed by atoms with Crippen LogP contribution < -0.4 is 0 Å². The van der Waals surface area contributed by atoms with Gasteiger partial charge in [0.2, 0.25) is 0 Å². The van der Waals surface area contributed by atoms with Gasteiger partial charge in [0, 0.05) is 12.1 Å². The molecular weight excluding hydrogens is 358 g/mol. The Kier molecular flexibility index (Phi) is 5.99.